The molecule has 0 atom stereocenters. The van der Waals surface area contributed by atoms with Gasteiger partial charge in [0.25, 0.3) is 11.7 Å². The van der Waals surface area contributed by atoms with E-state index in [1.807, 2.05) is 53.2 Å². The van der Waals surface area contributed by atoms with E-state index >= 15 is 0 Å². The molecule has 3 heterocycles. The number of aryl methyl sites for hydroxylation is 1. The van der Waals surface area contributed by atoms with Crippen LogP contribution >= 0.6 is 0 Å². The van der Waals surface area contributed by atoms with Gasteiger partial charge in [0, 0.05) is 48.0 Å². The molecule has 0 fully saturated rings. The number of rotatable bonds is 6. The van der Waals surface area contributed by atoms with Crippen molar-refractivity contribution in [1.82, 2.24) is 19.9 Å². The fraction of sp³-hybridized carbons (Fsp3) is 0.150. The molecule has 1 aromatic carbocycles. The van der Waals surface area contributed by atoms with Gasteiger partial charge in [0.2, 0.25) is 0 Å². The molecule has 4 rings (SSSR count). The molecule has 0 aliphatic carbocycles. The number of nitrogens with one attached hydrogen (secondary N) is 2. The number of para-hydroxylation sites is 1. The fourth-order valence-corrected chi connectivity index (χ4v) is 3.11. The van der Waals surface area contributed by atoms with E-state index < -0.39 is 11.7 Å². The largest absolute Gasteiger partial charge is 0.360 e. The summed E-state index contributed by atoms with van der Waals surface area (Å²) >= 11 is 0. The van der Waals surface area contributed by atoms with Crippen LogP contribution in [0.2, 0.25) is 0 Å². The number of H-pyrrole nitrogens is 1. The minimum Gasteiger partial charge on any atom is -0.360 e. The predicted molar refractivity (Wildman–Crippen MR) is 100.0 cm³/mol. The Labute approximate surface area is 149 Å². The first-order valence-corrected chi connectivity index (χ1v) is 8.52. The van der Waals surface area contributed by atoms with E-state index in [0.717, 1.165) is 28.5 Å². The predicted octanol–water partition coefficient (Wildman–Crippen LogP) is 2.91. The lowest BCUT2D eigenvalue weighted by atomic mass is 10.1. The quantitative estimate of drug-likeness (QED) is 0.320. The smallest absolute Gasteiger partial charge is 0.292 e. The third-order valence-corrected chi connectivity index (χ3v) is 4.42. The Hall–Kier alpha value is -3.41. The summed E-state index contributed by atoms with van der Waals surface area (Å²) in [6, 6.07) is 13.4. The topological polar surface area (TPSA) is 79.8 Å². The summed E-state index contributed by atoms with van der Waals surface area (Å²) in [5.41, 5.74) is 2.17. The Morgan fingerprint density at radius 3 is 2.92 bits per heavy atom. The van der Waals surface area contributed by atoms with Gasteiger partial charge in [-0.05, 0) is 30.7 Å². The summed E-state index contributed by atoms with van der Waals surface area (Å²) in [4.78, 5) is 31.9. The van der Waals surface area contributed by atoms with Crippen molar-refractivity contribution in [1.29, 1.82) is 0 Å². The number of aromatic amines is 1. The molecular formula is C20H18N4O2. The number of nitrogens with zero attached hydrogens (tertiary/aromatic N) is 2. The molecule has 0 saturated heterocycles. The second kappa shape index (κ2) is 6.84. The van der Waals surface area contributed by atoms with Crippen molar-refractivity contribution < 1.29 is 9.59 Å². The molecular weight excluding hydrogens is 328 g/mol. The number of pyridine rings is 1. The van der Waals surface area contributed by atoms with Crippen LogP contribution in [0.15, 0.2) is 61.1 Å². The minimum atomic E-state index is -0.578. The monoisotopic (exact) mass is 346 g/mol. The van der Waals surface area contributed by atoms with Crippen molar-refractivity contribution in [2.75, 3.05) is 6.54 Å². The number of ketones is 1. The molecule has 0 saturated carbocycles. The molecule has 0 bridgehead atoms. The third-order valence-electron chi connectivity index (χ3n) is 4.42. The SMILES string of the molecule is O=C(NCCCn1ccc2cccnc21)C(=O)c1c[nH]c2ccccc12. The Balaban J connectivity index is 1.34. The molecule has 4 aromatic rings. The molecule has 26 heavy (non-hydrogen) atoms. The van der Waals surface area contributed by atoms with E-state index in [9.17, 15) is 9.59 Å². The number of fused-ring (bicyclic) bond motifs is 2. The van der Waals surface area contributed by atoms with Crippen LogP contribution in [-0.4, -0.2) is 32.8 Å². The van der Waals surface area contributed by atoms with Crippen molar-refractivity contribution in [2.24, 2.45) is 0 Å². The zero-order valence-corrected chi connectivity index (χ0v) is 14.1. The first-order chi connectivity index (χ1) is 12.7. The van der Waals surface area contributed by atoms with Gasteiger partial charge in [0.05, 0.1) is 5.56 Å². The lowest BCUT2D eigenvalue weighted by molar-refractivity contribution is -0.117. The van der Waals surface area contributed by atoms with E-state index in [1.54, 1.807) is 12.4 Å². The van der Waals surface area contributed by atoms with Crippen LogP contribution < -0.4 is 5.32 Å². The van der Waals surface area contributed by atoms with Crippen molar-refractivity contribution >= 4 is 33.6 Å². The van der Waals surface area contributed by atoms with Crippen molar-refractivity contribution in [2.45, 2.75) is 13.0 Å². The van der Waals surface area contributed by atoms with Crippen LogP contribution in [0.5, 0.6) is 0 Å². The summed E-state index contributed by atoms with van der Waals surface area (Å²) in [6.07, 6.45) is 6.05. The summed E-state index contributed by atoms with van der Waals surface area (Å²) in [7, 11) is 0. The lowest BCUT2D eigenvalue weighted by Crippen LogP contribution is -2.32. The lowest BCUT2D eigenvalue weighted by Gasteiger charge is -2.06. The van der Waals surface area contributed by atoms with Crippen molar-refractivity contribution in [3.8, 4) is 0 Å². The van der Waals surface area contributed by atoms with Crippen LogP contribution in [0.25, 0.3) is 21.9 Å². The number of hydrogen-bond acceptors (Lipinski definition) is 3. The van der Waals surface area contributed by atoms with Gasteiger partial charge in [-0.3, -0.25) is 9.59 Å². The molecule has 0 spiro atoms. The molecule has 3 aromatic heterocycles. The van der Waals surface area contributed by atoms with E-state index in [4.69, 9.17) is 0 Å². The number of amides is 1. The summed E-state index contributed by atoms with van der Waals surface area (Å²) in [5, 5.41) is 4.56. The molecule has 0 unspecified atom stereocenters. The van der Waals surface area contributed by atoms with Gasteiger partial charge in [-0.2, -0.15) is 0 Å². The molecule has 6 nitrogen and oxygen atoms in total. The molecule has 130 valence electrons. The van der Waals surface area contributed by atoms with Crippen LogP contribution in [0, 0.1) is 0 Å². The summed E-state index contributed by atoms with van der Waals surface area (Å²) in [5.74, 6) is -1.10. The van der Waals surface area contributed by atoms with E-state index in [-0.39, 0.29) is 0 Å². The maximum Gasteiger partial charge on any atom is 0.292 e. The standard InChI is InChI=1S/C20H18N4O2/c25-18(16-13-23-17-7-2-1-6-15(16)17)20(26)22-10-4-11-24-12-8-14-5-3-9-21-19(14)24/h1-3,5-9,12-13,23H,4,10-11H2,(H,22,26). The first kappa shape index (κ1) is 16.1. The minimum absolute atomic E-state index is 0.402. The maximum atomic E-state index is 12.4. The Morgan fingerprint density at radius 1 is 1.12 bits per heavy atom. The highest BCUT2D eigenvalue weighted by molar-refractivity contribution is 6.44. The summed E-state index contributed by atoms with van der Waals surface area (Å²) < 4.78 is 2.04. The number of hydrogen-bond donors (Lipinski definition) is 2. The highest BCUT2D eigenvalue weighted by Crippen LogP contribution is 2.18. The summed E-state index contributed by atoms with van der Waals surface area (Å²) in [6.45, 7) is 1.15. The second-order valence-electron chi connectivity index (χ2n) is 6.11. The van der Waals surface area contributed by atoms with Gasteiger partial charge in [-0.25, -0.2) is 4.98 Å². The highest BCUT2D eigenvalue weighted by Gasteiger charge is 2.19. The van der Waals surface area contributed by atoms with Crippen molar-refractivity contribution in [3.05, 3.63) is 66.6 Å². The van der Waals surface area contributed by atoms with Gasteiger partial charge < -0.3 is 14.9 Å². The van der Waals surface area contributed by atoms with Crippen LogP contribution in [0.4, 0.5) is 0 Å². The van der Waals surface area contributed by atoms with Gasteiger partial charge in [-0.1, -0.05) is 18.2 Å². The fourth-order valence-electron chi connectivity index (χ4n) is 3.11. The molecule has 0 radical (unpaired) electrons. The van der Waals surface area contributed by atoms with Gasteiger partial charge in [0.1, 0.15) is 5.65 Å². The third kappa shape index (κ3) is 2.97. The molecule has 6 heteroatoms. The van der Waals surface area contributed by atoms with Gasteiger partial charge >= 0.3 is 0 Å². The zero-order valence-electron chi connectivity index (χ0n) is 14.1. The Bertz CT molecular complexity index is 1090. The van der Waals surface area contributed by atoms with Gasteiger partial charge in [0.15, 0.2) is 0 Å². The van der Waals surface area contributed by atoms with Crippen LogP contribution in [-0.2, 0) is 11.3 Å². The number of benzene rings is 1. The molecule has 1 amide bonds. The van der Waals surface area contributed by atoms with Crippen LogP contribution in [0.3, 0.4) is 0 Å². The van der Waals surface area contributed by atoms with E-state index in [2.05, 4.69) is 15.3 Å². The zero-order chi connectivity index (χ0) is 17.9. The maximum absolute atomic E-state index is 12.4. The second-order valence-corrected chi connectivity index (χ2v) is 6.11. The Morgan fingerprint density at radius 2 is 2.00 bits per heavy atom. The van der Waals surface area contributed by atoms with Crippen molar-refractivity contribution in [3.63, 3.8) is 0 Å². The van der Waals surface area contributed by atoms with Gasteiger partial charge in [-0.15, -0.1) is 0 Å². The van der Waals surface area contributed by atoms with E-state index in [0.29, 0.717) is 18.5 Å². The average molecular weight is 346 g/mol. The molecule has 0 aliphatic rings. The van der Waals surface area contributed by atoms with E-state index in [1.165, 1.54) is 0 Å². The number of aromatic nitrogens is 3. The molecule has 2 N–H and O–H groups in total. The Kier molecular flexibility index (Phi) is 4.23. The molecule has 0 aliphatic heterocycles. The number of carbonyl (C=O) groups excluding carboxylic acids is 2. The average Bonchev–Trinajstić information content (AvgIpc) is 3.29. The number of carbonyl (C=O) groups is 2. The number of Topliss-reactive ketones (excluding diaryl/α,β-unsaturated/α-hetero) is 1. The normalized spacial score (nSPS) is 11.1. The van der Waals surface area contributed by atoms with Crippen LogP contribution in [0.1, 0.15) is 16.8 Å². The highest BCUT2D eigenvalue weighted by atomic mass is 16.2. The first-order valence-electron chi connectivity index (χ1n) is 8.52.